The highest BCUT2D eigenvalue weighted by molar-refractivity contribution is 5.80. The number of hydrogen-bond donors (Lipinski definition) is 2. The van der Waals surface area contributed by atoms with Crippen LogP contribution in [-0.2, 0) is 0 Å². The molecule has 3 aromatic heterocycles. The number of nitrogens with zero attached hydrogens (tertiary/aromatic N) is 4. The SMILES string of the molecule is CCNC(CC)CNc1ccc(-c2cncnc2)c(C#Cc2ccc3ncccc3c2)n1. The van der Waals surface area contributed by atoms with E-state index in [0.717, 1.165) is 52.9 Å². The Balaban J connectivity index is 1.66. The molecule has 1 atom stereocenters. The van der Waals surface area contributed by atoms with Gasteiger partial charge in [0, 0.05) is 53.3 Å². The third-order valence-corrected chi connectivity index (χ3v) is 5.21. The maximum atomic E-state index is 4.81. The molecular weight excluding hydrogens is 396 g/mol. The summed E-state index contributed by atoms with van der Waals surface area (Å²) in [4.78, 5) is 17.5. The minimum atomic E-state index is 0.393. The van der Waals surface area contributed by atoms with Crippen molar-refractivity contribution in [3.63, 3.8) is 0 Å². The van der Waals surface area contributed by atoms with Crippen molar-refractivity contribution in [2.75, 3.05) is 18.4 Å². The van der Waals surface area contributed by atoms with Crippen LogP contribution < -0.4 is 10.6 Å². The summed E-state index contributed by atoms with van der Waals surface area (Å²) in [6.45, 7) is 6.04. The first-order valence-corrected chi connectivity index (χ1v) is 10.9. The van der Waals surface area contributed by atoms with Crippen LogP contribution in [0.2, 0.25) is 0 Å². The fourth-order valence-corrected chi connectivity index (χ4v) is 3.49. The number of benzene rings is 1. The van der Waals surface area contributed by atoms with E-state index in [4.69, 9.17) is 4.98 Å². The Morgan fingerprint density at radius 3 is 2.69 bits per heavy atom. The predicted molar refractivity (Wildman–Crippen MR) is 129 cm³/mol. The third kappa shape index (κ3) is 5.26. The largest absolute Gasteiger partial charge is 0.368 e. The molecule has 0 saturated carbocycles. The second kappa shape index (κ2) is 10.5. The summed E-state index contributed by atoms with van der Waals surface area (Å²) in [5.41, 5.74) is 4.35. The summed E-state index contributed by atoms with van der Waals surface area (Å²) in [5, 5.41) is 7.98. The van der Waals surface area contributed by atoms with Crippen LogP contribution in [-0.4, -0.2) is 39.1 Å². The molecule has 0 aliphatic carbocycles. The molecule has 32 heavy (non-hydrogen) atoms. The van der Waals surface area contributed by atoms with E-state index in [1.165, 1.54) is 6.33 Å². The number of nitrogens with one attached hydrogen (secondary N) is 2. The van der Waals surface area contributed by atoms with E-state index in [-0.39, 0.29) is 0 Å². The Kier molecular flexibility index (Phi) is 7.01. The number of aromatic nitrogens is 4. The number of likely N-dealkylation sites (N-methyl/N-ethyl adjacent to an activating group) is 1. The smallest absolute Gasteiger partial charge is 0.127 e. The Morgan fingerprint density at radius 1 is 1.00 bits per heavy atom. The van der Waals surface area contributed by atoms with Crippen LogP contribution in [0.25, 0.3) is 22.0 Å². The zero-order chi connectivity index (χ0) is 22.2. The van der Waals surface area contributed by atoms with Crippen molar-refractivity contribution in [3.05, 3.63) is 78.6 Å². The maximum absolute atomic E-state index is 4.81. The minimum Gasteiger partial charge on any atom is -0.368 e. The molecule has 1 aromatic carbocycles. The molecule has 2 N–H and O–H groups in total. The number of rotatable bonds is 7. The number of hydrogen-bond acceptors (Lipinski definition) is 6. The summed E-state index contributed by atoms with van der Waals surface area (Å²) in [6, 6.07) is 14.4. The van der Waals surface area contributed by atoms with Gasteiger partial charge in [-0.3, -0.25) is 4.98 Å². The second-order valence-corrected chi connectivity index (χ2v) is 7.42. The van der Waals surface area contributed by atoms with Gasteiger partial charge in [-0.2, -0.15) is 0 Å². The van der Waals surface area contributed by atoms with E-state index in [0.29, 0.717) is 11.7 Å². The lowest BCUT2D eigenvalue weighted by Gasteiger charge is -2.17. The van der Waals surface area contributed by atoms with Gasteiger partial charge in [0.05, 0.1) is 5.52 Å². The molecular formula is C26H26N6. The molecule has 0 aliphatic heterocycles. The molecule has 6 nitrogen and oxygen atoms in total. The molecule has 3 heterocycles. The molecule has 4 rings (SSSR count). The van der Waals surface area contributed by atoms with Crippen LogP contribution in [0.15, 0.2) is 67.4 Å². The Bertz CT molecular complexity index is 1240. The molecule has 1 unspecified atom stereocenters. The molecule has 160 valence electrons. The van der Waals surface area contributed by atoms with Crippen molar-refractivity contribution in [2.45, 2.75) is 26.3 Å². The summed E-state index contributed by atoms with van der Waals surface area (Å²) in [5.74, 6) is 7.33. The van der Waals surface area contributed by atoms with Gasteiger partial charge in [-0.25, -0.2) is 15.0 Å². The summed E-state index contributed by atoms with van der Waals surface area (Å²) in [6.07, 6.45) is 7.92. The highest BCUT2D eigenvalue weighted by atomic mass is 15.0. The van der Waals surface area contributed by atoms with Crippen molar-refractivity contribution in [3.8, 4) is 23.0 Å². The third-order valence-electron chi connectivity index (χ3n) is 5.21. The molecule has 4 aromatic rings. The van der Waals surface area contributed by atoms with Gasteiger partial charge in [-0.1, -0.05) is 25.8 Å². The first-order valence-electron chi connectivity index (χ1n) is 10.9. The molecule has 0 spiro atoms. The standard InChI is InChI=1S/C26H26N6/c1-3-22(29-4-2)17-31-26-12-9-23(21-15-27-18-28-16-21)25(32-26)11-8-19-7-10-24-20(14-19)6-5-13-30-24/h5-7,9-10,12-16,18,22,29H,3-4,17H2,1-2H3,(H,31,32). The van der Waals surface area contributed by atoms with Crippen molar-refractivity contribution in [1.82, 2.24) is 25.3 Å². The lowest BCUT2D eigenvalue weighted by molar-refractivity contribution is 0.532. The summed E-state index contributed by atoms with van der Waals surface area (Å²) in [7, 11) is 0. The fourth-order valence-electron chi connectivity index (χ4n) is 3.49. The molecule has 0 bridgehead atoms. The molecule has 6 heteroatoms. The average Bonchev–Trinajstić information content (AvgIpc) is 2.85. The van der Waals surface area contributed by atoms with E-state index < -0.39 is 0 Å². The molecule has 0 amide bonds. The lowest BCUT2D eigenvalue weighted by atomic mass is 10.1. The number of fused-ring (bicyclic) bond motifs is 1. The Morgan fingerprint density at radius 2 is 1.88 bits per heavy atom. The van der Waals surface area contributed by atoms with Gasteiger partial charge in [0.2, 0.25) is 0 Å². The van der Waals surface area contributed by atoms with Crippen molar-refractivity contribution < 1.29 is 0 Å². The van der Waals surface area contributed by atoms with Crippen LogP contribution in [0.4, 0.5) is 5.82 Å². The molecule has 0 aliphatic rings. The normalized spacial score (nSPS) is 11.6. The zero-order valence-electron chi connectivity index (χ0n) is 18.3. The van der Waals surface area contributed by atoms with E-state index in [2.05, 4.69) is 51.3 Å². The fraction of sp³-hybridized carbons (Fsp3) is 0.231. The highest BCUT2D eigenvalue weighted by Gasteiger charge is 2.09. The van der Waals surface area contributed by atoms with Gasteiger partial charge < -0.3 is 10.6 Å². The van der Waals surface area contributed by atoms with Gasteiger partial charge >= 0.3 is 0 Å². The second-order valence-electron chi connectivity index (χ2n) is 7.42. The van der Waals surface area contributed by atoms with Gasteiger partial charge in [-0.05, 0) is 55.3 Å². The predicted octanol–water partition coefficient (Wildman–Crippen LogP) is 4.29. The minimum absolute atomic E-state index is 0.393. The molecule has 0 saturated heterocycles. The number of pyridine rings is 2. The topological polar surface area (TPSA) is 75.6 Å². The van der Waals surface area contributed by atoms with Crippen LogP contribution in [0.5, 0.6) is 0 Å². The van der Waals surface area contributed by atoms with Crippen molar-refractivity contribution in [1.29, 1.82) is 0 Å². The van der Waals surface area contributed by atoms with Gasteiger partial charge in [0.1, 0.15) is 17.8 Å². The first-order chi connectivity index (χ1) is 15.8. The van der Waals surface area contributed by atoms with Crippen LogP contribution in [0.1, 0.15) is 31.5 Å². The van der Waals surface area contributed by atoms with E-state index in [1.54, 1.807) is 18.6 Å². The average molecular weight is 423 g/mol. The van der Waals surface area contributed by atoms with Gasteiger partial charge in [0.15, 0.2) is 0 Å². The van der Waals surface area contributed by atoms with E-state index in [1.807, 2.05) is 42.5 Å². The summed E-state index contributed by atoms with van der Waals surface area (Å²) >= 11 is 0. The maximum Gasteiger partial charge on any atom is 0.127 e. The zero-order valence-corrected chi connectivity index (χ0v) is 18.3. The first kappa shape index (κ1) is 21.4. The Hall–Kier alpha value is -3.82. The summed E-state index contributed by atoms with van der Waals surface area (Å²) < 4.78 is 0. The highest BCUT2D eigenvalue weighted by Crippen LogP contribution is 2.23. The number of anilines is 1. The molecule has 0 fully saturated rings. The van der Waals surface area contributed by atoms with E-state index >= 15 is 0 Å². The van der Waals surface area contributed by atoms with Crippen LogP contribution in [0, 0.1) is 11.8 Å². The van der Waals surface area contributed by atoms with Crippen molar-refractivity contribution >= 4 is 16.7 Å². The Labute approximate surface area is 188 Å². The molecule has 0 radical (unpaired) electrons. The lowest BCUT2D eigenvalue weighted by Crippen LogP contribution is -2.34. The quantitative estimate of drug-likeness (QED) is 0.433. The van der Waals surface area contributed by atoms with Gasteiger partial charge in [-0.15, -0.1) is 0 Å². The van der Waals surface area contributed by atoms with Crippen LogP contribution in [0.3, 0.4) is 0 Å². The van der Waals surface area contributed by atoms with Crippen molar-refractivity contribution in [2.24, 2.45) is 0 Å². The van der Waals surface area contributed by atoms with Crippen LogP contribution >= 0.6 is 0 Å². The monoisotopic (exact) mass is 422 g/mol. The van der Waals surface area contributed by atoms with E-state index in [9.17, 15) is 0 Å². The van der Waals surface area contributed by atoms with Gasteiger partial charge in [0.25, 0.3) is 0 Å².